The van der Waals surface area contributed by atoms with Crippen LogP contribution in [0, 0.1) is 6.92 Å². The second-order valence-corrected chi connectivity index (χ2v) is 5.81. The number of amides is 1. The summed E-state index contributed by atoms with van der Waals surface area (Å²) >= 11 is 1.34. The number of aryl methyl sites for hydroxylation is 1. The van der Waals surface area contributed by atoms with E-state index in [1.54, 1.807) is 0 Å². The third-order valence-corrected chi connectivity index (χ3v) is 3.99. The Morgan fingerprint density at radius 3 is 2.70 bits per heavy atom. The molecule has 0 radical (unpaired) electrons. The highest BCUT2D eigenvalue weighted by atomic mass is 32.1. The van der Waals surface area contributed by atoms with Gasteiger partial charge in [0.1, 0.15) is 5.69 Å². The van der Waals surface area contributed by atoms with Crippen molar-refractivity contribution in [3.8, 4) is 0 Å². The molecule has 2 heterocycles. The molecule has 0 saturated carbocycles. The number of nitrogens with one attached hydrogen (secondary N) is 1. The summed E-state index contributed by atoms with van der Waals surface area (Å²) in [5, 5.41) is 9.18. The molecule has 0 aliphatic heterocycles. The maximum absolute atomic E-state index is 12.2. The molecule has 0 unspecified atom stereocenters. The average Bonchev–Trinajstić information content (AvgIpc) is 2.95. The second-order valence-electron chi connectivity index (χ2n) is 4.95. The van der Waals surface area contributed by atoms with Crippen molar-refractivity contribution < 1.29 is 4.79 Å². The molecular formula is C16H14N4O2S. The summed E-state index contributed by atoms with van der Waals surface area (Å²) in [6.07, 6.45) is 0. The maximum Gasteiger partial charge on any atom is 0.277 e. The first-order valence-corrected chi connectivity index (χ1v) is 7.85. The minimum atomic E-state index is -0.388. The van der Waals surface area contributed by atoms with Crippen LogP contribution in [0.4, 0.5) is 5.13 Å². The Labute approximate surface area is 136 Å². The number of thiazole rings is 1. The molecule has 23 heavy (non-hydrogen) atoms. The van der Waals surface area contributed by atoms with Gasteiger partial charge in [-0.1, -0.05) is 30.3 Å². The van der Waals surface area contributed by atoms with Crippen molar-refractivity contribution in [2.24, 2.45) is 0 Å². The van der Waals surface area contributed by atoms with Gasteiger partial charge in [-0.05, 0) is 18.6 Å². The van der Waals surface area contributed by atoms with E-state index in [9.17, 15) is 9.59 Å². The Hall–Kier alpha value is -2.80. The Bertz CT molecular complexity index is 886. The fourth-order valence-corrected chi connectivity index (χ4v) is 2.70. The normalized spacial score (nSPS) is 10.5. The summed E-state index contributed by atoms with van der Waals surface area (Å²) in [6, 6.07) is 12.2. The van der Waals surface area contributed by atoms with Crippen LogP contribution in [-0.2, 0) is 6.54 Å². The van der Waals surface area contributed by atoms with E-state index < -0.39 is 0 Å². The van der Waals surface area contributed by atoms with Gasteiger partial charge in [0, 0.05) is 11.4 Å². The van der Waals surface area contributed by atoms with Crippen molar-refractivity contribution >= 4 is 22.4 Å². The summed E-state index contributed by atoms with van der Waals surface area (Å²) in [7, 11) is 0. The molecule has 0 atom stereocenters. The lowest BCUT2D eigenvalue weighted by atomic mass is 10.2. The SMILES string of the molecule is Cc1csc(NC(=O)c2ccc(=O)n(Cc3ccccc3)n2)n1. The average molecular weight is 326 g/mol. The van der Waals surface area contributed by atoms with Crippen LogP contribution in [0.2, 0.25) is 0 Å². The van der Waals surface area contributed by atoms with Gasteiger partial charge >= 0.3 is 0 Å². The Kier molecular flexibility index (Phi) is 4.29. The molecule has 1 N–H and O–H groups in total. The Morgan fingerprint density at radius 2 is 2.00 bits per heavy atom. The van der Waals surface area contributed by atoms with Gasteiger partial charge in [0.15, 0.2) is 5.13 Å². The van der Waals surface area contributed by atoms with Crippen LogP contribution < -0.4 is 10.9 Å². The van der Waals surface area contributed by atoms with Gasteiger partial charge in [0.05, 0.1) is 12.2 Å². The van der Waals surface area contributed by atoms with Crippen molar-refractivity contribution in [3.63, 3.8) is 0 Å². The summed E-state index contributed by atoms with van der Waals surface area (Å²) in [6.45, 7) is 2.17. The molecule has 0 aliphatic carbocycles. The number of carbonyl (C=O) groups is 1. The van der Waals surface area contributed by atoms with Crippen LogP contribution >= 0.6 is 11.3 Å². The topological polar surface area (TPSA) is 76.9 Å². The highest BCUT2D eigenvalue weighted by Gasteiger charge is 2.12. The third-order valence-electron chi connectivity index (χ3n) is 3.11. The number of benzene rings is 1. The minimum absolute atomic E-state index is 0.174. The minimum Gasteiger partial charge on any atom is -0.296 e. The first kappa shape index (κ1) is 15.1. The molecule has 0 spiro atoms. The van der Waals surface area contributed by atoms with E-state index in [0.29, 0.717) is 11.7 Å². The summed E-state index contributed by atoms with van der Waals surface area (Å²) in [5.41, 5.74) is 1.70. The van der Waals surface area contributed by atoms with Gasteiger partial charge in [-0.25, -0.2) is 9.67 Å². The number of hydrogen-bond donors (Lipinski definition) is 1. The number of aromatic nitrogens is 3. The van der Waals surface area contributed by atoms with Gasteiger partial charge in [-0.15, -0.1) is 11.3 Å². The van der Waals surface area contributed by atoms with Crippen LogP contribution in [0.1, 0.15) is 21.7 Å². The van der Waals surface area contributed by atoms with Crippen LogP contribution in [-0.4, -0.2) is 20.7 Å². The quantitative estimate of drug-likeness (QED) is 0.798. The largest absolute Gasteiger partial charge is 0.296 e. The fourth-order valence-electron chi connectivity index (χ4n) is 2.01. The van der Waals surface area contributed by atoms with Gasteiger partial charge in [-0.3, -0.25) is 14.9 Å². The molecule has 0 bridgehead atoms. The number of anilines is 1. The van der Waals surface area contributed by atoms with Gasteiger partial charge in [-0.2, -0.15) is 5.10 Å². The molecule has 116 valence electrons. The predicted molar refractivity (Wildman–Crippen MR) is 88.8 cm³/mol. The van der Waals surface area contributed by atoms with Crippen molar-refractivity contribution in [2.75, 3.05) is 5.32 Å². The zero-order valence-electron chi connectivity index (χ0n) is 12.4. The van der Waals surface area contributed by atoms with E-state index in [2.05, 4.69) is 15.4 Å². The van der Waals surface area contributed by atoms with Crippen LogP contribution in [0.5, 0.6) is 0 Å². The molecule has 1 amide bonds. The second kappa shape index (κ2) is 6.53. The molecule has 3 rings (SSSR count). The smallest absolute Gasteiger partial charge is 0.277 e. The number of carbonyl (C=O) groups excluding carboxylic acids is 1. The molecule has 7 heteroatoms. The van der Waals surface area contributed by atoms with E-state index in [1.807, 2.05) is 42.6 Å². The van der Waals surface area contributed by atoms with E-state index in [0.717, 1.165) is 11.3 Å². The zero-order valence-corrected chi connectivity index (χ0v) is 13.2. The molecule has 0 aliphatic rings. The monoisotopic (exact) mass is 326 g/mol. The van der Waals surface area contributed by atoms with Crippen molar-refractivity contribution in [3.05, 3.63) is 75.1 Å². The summed E-state index contributed by atoms with van der Waals surface area (Å²) < 4.78 is 1.28. The molecule has 3 aromatic rings. The number of hydrogen-bond acceptors (Lipinski definition) is 5. The van der Waals surface area contributed by atoms with Crippen molar-refractivity contribution in [1.82, 2.24) is 14.8 Å². The number of rotatable bonds is 4. The Balaban J connectivity index is 1.82. The zero-order chi connectivity index (χ0) is 16.2. The first-order chi connectivity index (χ1) is 11.1. The number of nitrogens with zero attached hydrogens (tertiary/aromatic N) is 3. The molecule has 1 aromatic carbocycles. The van der Waals surface area contributed by atoms with Gasteiger partial charge in [0.2, 0.25) is 0 Å². The fraction of sp³-hybridized carbons (Fsp3) is 0.125. The standard InChI is InChI=1S/C16H14N4O2S/c1-11-10-23-16(17-11)18-15(22)13-7-8-14(21)20(19-13)9-12-5-3-2-4-6-12/h2-8,10H,9H2,1H3,(H,17,18,22). The third kappa shape index (κ3) is 3.70. The molecule has 6 nitrogen and oxygen atoms in total. The van der Waals surface area contributed by atoms with Crippen molar-refractivity contribution in [2.45, 2.75) is 13.5 Å². The van der Waals surface area contributed by atoms with Crippen molar-refractivity contribution in [1.29, 1.82) is 0 Å². The summed E-state index contributed by atoms with van der Waals surface area (Å²) in [5.74, 6) is -0.388. The highest BCUT2D eigenvalue weighted by molar-refractivity contribution is 7.13. The van der Waals surface area contributed by atoms with Crippen LogP contribution in [0.3, 0.4) is 0 Å². The molecule has 2 aromatic heterocycles. The van der Waals surface area contributed by atoms with E-state index >= 15 is 0 Å². The maximum atomic E-state index is 12.2. The van der Waals surface area contributed by atoms with E-state index in [1.165, 1.54) is 28.2 Å². The molecule has 0 saturated heterocycles. The van der Waals surface area contributed by atoms with E-state index in [4.69, 9.17) is 0 Å². The Morgan fingerprint density at radius 1 is 1.22 bits per heavy atom. The van der Waals surface area contributed by atoms with Crippen LogP contribution in [0.15, 0.2) is 52.6 Å². The first-order valence-electron chi connectivity index (χ1n) is 6.97. The van der Waals surface area contributed by atoms with Crippen LogP contribution in [0.25, 0.3) is 0 Å². The molecular weight excluding hydrogens is 312 g/mol. The lowest BCUT2D eigenvalue weighted by molar-refractivity contribution is 0.102. The lowest BCUT2D eigenvalue weighted by Crippen LogP contribution is -2.26. The van der Waals surface area contributed by atoms with E-state index in [-0.39, 0.29) is 17.2 Å². The predicted octanol–water partition coefficient (Wildman–Crippen LogP) is 2.31. The van der Waals surface area contributed by atoms with Gasteiger partial charge < -0.3 is 0 Å². The summed E-state index contributed by atoms with van der Waals surface area (Å²) in [4.78, 5) is 28.3. The lowest BCUT2D eigenvalue weighted by Gasteiger charge is -2.07. The molecule has 0 fully saturated rings. The highest BCUT2D eigenvalue weighted by Crippen LogP contribution is 2.15. The van der Waals surface area contributed by atoms with Gasteiger partial charge in [0.25, 0.3) is 11.5 Å².